The Morgan fingerprint density at radius 2 is 1.83 bits per heavy atom. The van der Waals surface area contributed by atoms with Gasteiger partial charge in [-0.1, -0.05) is 11.6 Å². The lowest BCUT2D eigenvalue weighted by Crippen LogP contribution is -2.42. The molecule has 4 aromatic rings. The summed E-state index contributed by atoms with van der Waals surface area (Å²) in [5, 5.41) is 13.0. The van der Waals surface area contributed by atoms with Gasteiger partial charge in [0.15, 0.2) is 17.3 Å². The van der Waals surface area contributed by atoms with Crippen LogP contribution in [0.15, 0.2) is 24.8 Å². The van der Waals surface area contributed by atoms with Crippen LogP contribution < -0.4 is 10.6 Å². The number of H-pyrrole nitrogens is 1. The smallest absolute Gasteiger partial charge is 0.212 e. The minimum absolute atomic E-state index is 0.0112. The van der Waals surface area contributed by atoms with E-state index in [0.29, 0.717) is 40.0 Å². The third-order valence-electron chi connectivity index (χ3n) is 5.75. The molecule has 186 valence electrons. The number of fused-ring (bicyclic) bond motifs is 2. The molecule has 0 atom stereocenters. The van der Waals surface area contributed by atoms with E-state index in [1.165, 1.54) is 32.4 Å². The van der Waals surface area contributed by atoms with Crippen molar-refractivity contribution in [3.8, 4) is 11.3 Å². The van der Waals surface area contributed by atoms with Gasteiger partial charge in [0.2, 0.25) is 6.41 Å². The average Bonchev–Trinajstić information content (AvgIpc) is 3.46. The number of aromatic nitrogens is 5. The number of carbonyl (C=O) groups is 1. The van der Waals surface area contributed by atoms with Crippen LogP contribution in [-0.4, -0.2) is 87.1 Å². The second-order valence-electron chi connectivity index (χ2n) is 8.87. The molecule has 12 heteroatoms. The molecule has 1 fully saturated rings. The van der Waals surface area contributed by atoms with Gasteiger partial charge < -0.3 is 24.8 Å². The predicted molar refractivity (Wildman–Crippen MR) is 136 cm³/mol. The van der Waals surface area contributed by atoms with E-state index in [9.17, 15) is 9.18 Å². The van der Waals surface area contributed by atoms with Crippen LogP contribution in [0.2, 0.25) is 5.02 Å². The van der Waals surface area contributed by atoms with Gasteiger partial charge in [0, 0.05) is 49.4 Å². The highest BCUT2D eigenvalue weighted by Crippen LogP contribution is 2.40. The van der Waals surface area contributed by atoms with E-state index in [1.807, 2.05) is 13.8 Å². The number of halogens is 2. The summed E-state index contributed by atoms with van der Waals surface area (Å²) >= 11 is 6.38. The molecule has 1 saturated heterocycles. The van der Waals surface area contributed by atoms with Crippen molar-refractivity contribution in [1.29, 1.82) is 0 Å². The Balaban J connectivity index is 0.000000308. The molecule has 1 amide bonds. The van der Waals surface area contributed by atoms with Crippen LogP contribution in [-0.2, 0) is 4.79 Å². The first-order valence-electron chi connectivity index (χ1n) is 11.3. The Morgan fingerprint density at radius 1 is 1.14 bits per heavy atom. The molecule has 3 aromatic heterocycles. The minimum Gasteiger partial charge on any atom is -0.379 e. The van der Waals surface area contributed by atoms with Gasteiger partial charge in [-0.3, -0.25) is 14.9 Å². The summed E-state index contributed by atoms with van der Waals surface area (Å²) in [6.07, 6.45) is 6.94. The van der Waals surface area contributed by atoms with Gasteiger partial charge >= 0.3 is 0 Å². The topological polar surface area (TPSA) is 106 Å². The monoisotopic (exact) mass is 501 g/mol. The standard InChI is InChI=1S/C17H15ClFN7O.C6H14N2/c1-8(2)23-17-15(19)14(18)13(9-3-22-25-16(9)17)10-5-26-6-11(21-7-27)24-12(26)4-20-10;1-7-3-5-8(2)6-4-7/h3-8,23H,1-2H3,(H,21,27)(H,22,25);3-6H2,1-2H3. The molecule has 1 aliphatic heterocycles. The van der Waals surface area contributed by atoms with E-state index in [2.05, 4.69) is 54.7 Å². The number of nitrogens with one attached hydrogen (secondary N) is 3. The number of carbonyl (C=O) groups excluding carboxylic acids is 1. The average molecular weight is 502 g/mol. The number of likely N-dealkylation sites (N-methyl/N-ethyl adjacent to an activating group) is 2. The van der Waals surface area contributed by atoms with Gasteiger partial charge in [-0.05, 0) is 27.9 Å². The zero-order valence-corrected chi connectivity index (χ0v) is 20.9. The van der Waals surface area contributed by atoms with Gasteiger partial charge in [-0.2, -0.15) is 5.10 Å². The number of rotatable bonds is 5. The molecule has 5 rings (SSSR count). The van der Waals surface area contributed by atoms with Gasteiger partial charge in [-0.15, -0.1) is 0 Å². The third-order valence-corrected chi connectivity index (χ3v) is 6.11. The molecule has 3 N–H and O–H groups in total. The van der Waals surface area contributed by atoms with Crippen LogP contribution in [0.1, 0.15) is 13.8 Å². The zero-order valence-electron chi connectivity index (χ0n) is 20.1. The molecule has 4 heterocycles. The fourth-order valence-electron chi connectivity index (χ4n) is 3.85. The Kier molecular flexibility index (Phi) is 7.48. The number of piperazine rings is 1. The lowest BCUT2D eigenvalue weighted by atomic mass is 10.1. The molecule has 35 heavy (non-hydrogen) atoms. The van der Waals surface area contributed by atoms with Crippen LogP contribution in [0.5, 0.6) is 0 Å². The maximum atomic E-state index is 15.0. The maximum Gasteiger partial charge on any atom is 0.212 e. The summed E-state index contributed by atoms with van der Waals surface area (Å²) in [7, 11) is 4.35. The van der Waals surface area contributed by atoms with Crippen molar-refractivity contribution in [2.45, 2.75) is 19.9 Å². The second kappa shape index (κ2) is 10.5. The van der Waals surface area contributed by atoms with Crippen LogP contribution in [0.4, 0.5) is 15.9 Å². The number of amides is 1. The highest BCUT2D eigenvalue weighted by atomic mass is 35.5. The maximum absolute atomic E-state index is 15.0. The fourth-order valence-corrected chi connectivity index (χ4v) is 4.15. The lowest BCUT2D eigenvalue weighted by Gasteiger charge is -2.28. The molecule has 1 aliphatic rings. The van der Waals surface area contributed by atoms with Gasteiger partial charge in [0.1, 0.15) is 0 Å². The Labute approximate surface area is 207 Å². The molecule has 0 bridgehead atoms. The number of aromatic amines is 1. The molecule has 10 nitrogen and oxygen atoms in total. The van der Waals surface area contributed by atoms with Crippen molar-refractivity contribution in [2.24, 2.45) is 0 Å². The van der Waals surface area contributed by atoms with E-state index in [-0.39, 0.29) is 16.8 Å². The van der Waals surface area contributed by atoms with E-state index >= 15 is 0 Å². The van der Waals surface area contributed by atoms with E-state index in [1.54, 1.807) is 23.0 Å². The Bertz CT molecular complexity index is 1320. The highest BCUT2D eigenvalue weighted by molar-refractivity contribution is 6.35. The number of imidazole rings is 1. The van der Waals surface area contributed by atoms with Crippen LogP contribution in [0, 0.1) is 5.82 Å². The highest BCUT2D eigenvalue weighted by Gasteiger charge is 2.22. The minimum atomic E-state index is -0.576. The van der Waals surface area contributed by atoms with Crippen LogP contribution in [0.3, 0.4) is 0 Å². The van der Waals surface area contributed by atoms with Crippen molar-refractivity contribution in [2.75, 3.05) is 50.9 Å². The first-order valence-corrected chi connectivity index (χ1v) is 11.7. The Hall–Kier alpha value is -3.28. The summed E-state index contributed by atoms with van der Waals surface area (Å²) in [6, 6.07) is 0.0112. The summed E-state index contributed by atoms with van der Waals surface area (Å²) in [4.78, 5) is 23.9. The third kappa shape index (κ3) is 5.37. The van der Waals surface area contributed by atoms with E-state index in [0.717, 1.165) is 0 Å². The first-order chi connectivity index (χ1) is 16.8. The number of nitrogens with zero attached hydrogens (tertiary/aromatic N) is 6. The van der Waals surface area contributed by atoms with Crippen molar-refractivity contribution in [1.82, 2.24) is 34.4 Å². The molecule has 0 unspecified atom stereocenters. The molecule has 0 radical (unpaired) electrons. The van der Waals surface area contributed by atoms with E-state index in [4.69, 9.17) is 11.6 Å². The fraction of sp³-hybridized carbons (Fsp3) is 0.391. The Morgan fingerprint density at radius 3 is 2.46 bits per heavy atom. The van der Waals surface area contributed by atoms with E-state index < -0.39 is 5.82 Å². The normalized spacial score (nSPS) is 14.8. The predicted octanol–water partition coefficient (Wildman–Crippen LogP) is 3.32. The lowest BCUT2D eigenvalue weighted by molar-refractivity contribution is -0.105. The molecule has 0 spiro atoms. The summed E-state index contributed by atoms with van der Waals surface area (Å²) in [5.41, 5.74) is 2.18. The summed E-state index contributed by atoms with van der Waals surface area (Å²) < 4.78 is 16.7. The number of benzene rings is 1. The quantitative estimate of drug-likeness (QED) is 0.360. The molecule has 0 aliphatic carbocycles. The van der Waals surface area contributed by atoms with Gasteiger partial charge in [-0.25, -0.2) is 9.37 Å². The van der Waals surface area contributed by atoms with Crippen molar-refractivity contribution >= 4 is 46.1 Å². The first kappa shape index (κ1) is 24.8. The SMILES string of the molecule is CC(C)Nc1c(F)c(Cl)c(-c2cn3cc(NC=O)nc3cn2)c2cn[nH]c12.CN1CCN(C)CC1. The summed E-state index contributed by atoms with van der Waals surface area (Å²) in [5.74, 6) is -0.195. The molecule has 1 aromatic carbocycles. The van der Waals surface area contributed by atoms with Crippen molar-refractivity contribution in [3.05, 3.63) is 35.6 Å². The largest absolute Gasteiger partial charge is 0.379 e. The molecular formula is C23H29ClFN9O. The number of anilines is 2. The van der Waals surface area contributed by atoms with Gasteiger partial charge in [0.25, 0.3) is 0 Å². The van der Waals surface area contributed by atoms with Crippen LogP contribution >= 0.6 is 11.6 Å². The summed E-state index contributed by atoms with van der Waals surface area (Å²) in [6.45, 7) is 8.74. The molecular weight excluding hydrogens is 473 g/mol. The number of hydrogen-bond donors (Lipinski definition) is 3. The van der Waals surface area contributed by atoms with Crippen LogP contribution in [0.25, 0.3) is 27.8 Å². The second-order valence-corrected chi connectivity index (χ2v) is 9.25. The zero-order chi connectivity index (χ0) is 25.1. The molecule has 0 saturated carbocycles. The van der Waals surface area contributed by atoms with Gasteiger partial charge in [0.05, 0.1) is 40.5 Å². The number of hydrogen-bond acceptors (Lipinski definition) is 7. The van der Waals surface area contributed by atoms with Crippen molar-refractivity contribution < 1.29 is 9.18 Å². The van der Waals surface area contributed by atoms with Crippen molar-refractivity contribution in [3.63, 3.8) is 0 Å².